The summed E-state index contributed by atoms with van der Waals surface area (Å²) in [5, 5.41) is 3.37. The number of amides is 1. The zero-order chi connectivity index (χ0) is 15.6. The van der Waals surface area contributed by atoms with E-state index in [0.29, 0.717) is 6.54 Å². The van der Waals surface area contributed by atoms with E-state index in [1.54, 1.807) is 18.9 Å². The molecule has 21 heavy (non-hydrogen) atoms. The van der Waals surface area contributed by atoms with Crippen molar-refractivity contribution in [2.45, 2.75) is 43.5 Å². The van der Waals surface area contributed by atoms with Gasteiger partial charge in [-0.1, -0.05) is 12.1 Å². The third kappa shape index (κ3) is 3.59. The van der Waals surface area contributed by atoms with Gasteiger partial charge in [-0.3, -0.25) is 10.1 Å². The summed E-state index contributed by atoms with van der Waals surface area (Å²) < 4.78 is 5.48. The smallest absolute Gasteiger partial charge is 0.241 e. The Morgan fingerprint density at radius 3 is 2.48 bits per heavy atom. The fraction of sp³-hybridized carbons (Fsp3) is 0.562. The van der Waals surface area contributed by atoms with Crippen LogP contribution >= 0.6 is 11.8 Å². The first-order valence-electron chi connectivity index (χ1n) is 7.13. The van der Waals surface area contributed by atoms with E-state index in [2.05, 4.69) is 35.8 Å². The van der Waals surface area contributed by atoms with E-state index in [4.69, 9.17) is 4.74 Å². The third-order valence-electron chi connectivity index (χ3n) is 3.91. The highest BCUT2D eigenvalue weighted by molar-refractivity contribution is 7.98. The molecule has 0 spiro atoms. The van der Waals surface area contributed by atoms with E-state index >= 15 is 0 Å². The topological polar surface area (TPSA) is 41.6 Å². The number of hydrogen-bond donors (Lipinski definition) is 1. The van der Waals surface area contributed by atoms with Crippen molar-refractivity contribution >= 4 is 17.7 Å². The van der Waals surface area contributed by atoms with Crippen LogP contribution in [0.15, 0.2) is 29.2 Å². The van der Waals surface area contributed by atoms with E-state index in [0.717, 1.165) is 5.56 Å². The molecule has 4 nitrogen and oxygen atoms in total. The molecule has 1 aliphatic heterocycles. The predicted octanol–water partition coefficient (Wildman–Crippen LogP) is 2.65. The number of thioether (sulfide) groups is 1. The average molecular weight is 308 g/mol. The van der Waals surface area contributed by atoms with Gasteiger partial charge in [-0.05, 0) is 44.7 Å². The number of nitrogens with zero attached hydrogens (tertiary/aromatic N) is 1. The summed E-state index contributed by atoms with van der Waals surface area (Å²) in [6.45, 7) is 6.47. The highest BCUT2D eigenvalue weighted by Crippen LogP contribution is 2.29. The van der Waals surface area contributed by atoms with Crippen LogP contribution in [0, 0.1) is 0 Å². The number of ether oxygens (including phenoxy) is 1. The first kappa shape index (κ1) is 16.3. The van der Waals surface area contributed by atoms with Crippen molar-refractivity contribution in [1.82, 2.24) is 10.2 Å². The van der Waals surface area contributed by atoms with Crippen molar-refractivity contribution in [2.24, 2.45) is 0 Å². The number of carbonyl (C=O) groups is 1. The van der Waals surface area contributed by atoms with Crippen molar-refractivity contribution in [3.8, 4) is 0 Å². The average Bonchev–Trinajstić information content (AvgIpc) is 2.75. The minimum absolute atomic E-state index is 0.0853. The maximum atomic E-state index is 12.4. The number of rotatable bonds is 5. The number of benzene rings is 1. The van der Waals surface area contributed by atoms with Crippen molar-refractivity contribution < 1.29 is 9.53 Å². The Bertz CT molecular complexity index is 502. The molecule has 0 bridgehead atoms. The van der Waals surface area contributed by atoms with Gasteiger partial charge in [-0.25, -0.2) is 0 Å². The molecule has 1 saturated heterocycles. The second-order valence-corrected chi connectivity index (χ2v) is 6.87. The molecular weight excluding hydrogens is 284 g/mol. The monoisotopic (exact) mass is 308 g/mol. The van der Waals surface area contributed by atoms with Crippen LogP contribution in [0.25, 0.3) is 0 Å². The first-order valence-corrected chi connectivity index (χ1v) is 8.36. The SMILES string of the molecule is COC(C)(C)CN1C(=O)C(C)NC1c1ccc(SC)cc1. The van der Waals surface area contributed by atoms with E-state index in [-0.39, 0.29) is 23.7 Å². The number of nitrogens with one attached hydrogen (secondary N) is 1. The van der Waals surface area contributed by atoms with Gasteiger partial charge in [0.1, 0.15) is 6.17 Å². The minimum atomic E-state index is -0.362. The molecule has 1 aromatic rings. The van der Waals surface area contributed by atoms with Crippen molar-refractivity contribution in [3.63, 3.8) is 0 Å². The molecule has 2 rings (SSSR count). The van der Waals surface area contributed by atoms with Crippen LogP contribution in [0.5, 0.6) is 0 Å². The molecule has 1 N–H and O–H groups in total. The molecule has 5 heteroatoms. The summed E-state index contributed by atoms with van der Waals surface area (Å²) in [7, 11) is 1.68. The van der Waals surface area contributed by atoms with Crippen LogP contribution in [0.3, 0.4) is 0 Å². The Morgan fingerprint density at radius 1 is 1.33 bits per heavy atom. The van der Waals surface area contributed by atoms with E-state index in [9.17, 15) is 4.79 Å². The molecule has 2 unspecified atom stereocenters. The Hall–Kier alpha value is -1.04. The fourth-order valence-electron chi connectivity index (χ4n) is 2.48. The van der Waals surface area contributed by atoms with Gasteiger partial charge in [0, 0.05) is 12.0 Å². The molecule has 0 radical (unpaired) electrons. The standard InChI is InChI=1S/C16H24N2O2S/c1-11-15(19)18(10-16(2,3)20-4)14(17-11)12-6-8-13(21-5)9-7-12/h6-9,11,14,17H,10H2,1-5H3. The summed E-state index contributed by atoms with van der Waals surface area (Å²) in [5.41, 5.74) is 0.746. The highest BCUT2D eigenvalue weighted by Gasteiger charge is 2.39. The summed E-state index contributed by atoms with van der Waals surface area (Å²) in [4.78, 5) is 15.5. The molecule has 0 aliphatic carbocycles. The highest BCUT2D eigenvalue weighted by atomic mass is 32.2. The van der Waals surface area contributed by atoms with Crippen molar-refractivity contribution in [3.05, 3.63) is 29.8 Å². The van der Waals surface area contributed by atoms with Crippen LogP contribution in [0.1, 0.15) is 32.5 Å². The molecule has 116 valence electrons. The molecule has 1 aromatic carbocycles. The maximum Gasteiger partial charge on any atom is 0.241 e. The van der Waals surface area contributed by atoms with Crippen LogP contribution < -0.4 is 5.32 Å². The molecule has 1 fully saturated rings. The molecule has 1 amide bonds. The van der Waals surface area contributed by atoms with Crippen molar-refractivity contribution in [1.29, 1.82) is 0 Å². The number of carbonyl (C=O) groups excluding carboxylic acids is 1. The molecule has 1 aliphatic rings. The van der Waals surface area contributed by atoms with Crippen LogP contribution in [0.4, 0.5) is 0 Å². The molecule has 1 heterocycles. The van der Waals surface area contributed by atoms with E-state index in [1.807, 2.05) is 25.7 Å². The summed E-state index contributed by atoms with van der Waals surface area (Å²) in [5.74, 6) is 0.124. The van der Waals surface area contributed by atoms with E-state index < -0.39 is 0 Å². The zero-order valence-corrected chi connectivity index (χ0v) is 14.2. The lowest BCUT2D eigenvalue weighted by Gasteiger charge is -2.32. The van der Waals surface area contributed by atoms with Crippen LogP contribution in [-0.4, -0.2) is 42.4 Å². The Labute approximate surface area is 131 Å². The number of hydrogen-bond acceptors (Lipinski definition) is 4. The van der Waals surface area contributed by atoms with Gasteiger partial charge in [0.15, 0.2) is 0 Å². The Kier molecular flexibility index (Phi) is 4.96. The first-order chi connectivity index (χ1) is 9.88. The molecule has 0 saturated carbocycles. The van der Waals surface area contributed by atoms with Crippen molar-refractivity contribution in [2.75, 3.05) is 19.9 Å². The maximum absolute atomic E-state index is 12.4. The van der Waals surface area contributed by atoms with Gasteiger partial charge in [0.2, 0.25) is 5.91 Å². The van der Waals surface area contributed by atoms with Gasteiger partial charge < -0.3 is 9.64 Å². The minimum Gasteiger partial charge on any atom is -0.377 e. The van der Waals surface area contributed by atoms with E-state index in [1.165, 1.54) is 4.90 Å². The van der Waals surface area contributed by atoms with Gasteiger partial charge in [0.05, 0.1) is 18.2 Å². The normalized spacial score (nSPS) is 22.9. The molecule has 0 aromatic heterocycles. The second kappa shape index (κ2) is 6.38. The van der Waals surface area contributed by atoms with Gasteiger partial charge in [-0.15, -0.1) is 11.8 Å². The van der Waals surface area contributed by atoms with Gasteiger partial charge >= 0.3 is 0 Å². The lowest BCUT2D eigenvalue weighted by atomic mass is 10.1. The number of methoxy groups -OCH3 is 1. The molecule has 2 atom stereocenters. The molecular formula is C16H24N2O2S. The largest absolute Gasteiger partial charge is 0.377 e. The second-order valence-electron chi connectivity index (χ2n) is 5.99. The summed E-state index contributed by atoms with van der Waals surface area (Å²) >= 11 is 1.71. The Balaban J connectivity index is 2.24. The lowest BCUT2D eigenvalue weighted by Crippen LogP contribution is -2.43. The lowest BCUT2D eigenvalue weighted by molar-refractivity contribution is -0.133. The Morgan fingerprint density at radius 2 is 1.95 bits per heavy atom. The summed E-state index contributed by atoms with van der Waals surface area (Å²) in [6, 6.07) is 8.19. The third-order valence-corrected chi connectivity index (χ3v) is 4.65. The van der Waals surface area contributed by atoms with Crippen LogP contribution in [0.2, 0.25) is 0 Å². The zero-order valence-electron chi connectivity index (χ0n) is 13.3. The fourth-order valence-corrected chi connectivity index (χ4v) is 2.89. The predicted molar refractivity (Wildman–Crippen MR) is 86.4 cm³/mol. The van der Waals surface area contributed by atoms with Crippen LogP contribution in [-0.2, 0) is 9.53 Å². The quantitative estimate of drug-likeness (QED) is 0.849. The van der Waals surface area contributed by atoms with Gasteiger partial charge in [-0.2, -0.15) is 0 Å². The summed E-state index contributed by atoms with van der Waals surface area (Å²) in [6.07, 6.45) is 1.97. The van der Waals surface area contributed by atoms with Gasteiger partial charge in [0.25, 0.3) is 0 Å².